The zero-order chi connectivity index (χ0) is 12.4. The summed E-state index contributed by atoms with van der Waals surface area (Å²) in [7, 11) is 0. The molecule has 0 saturated heterocycles. The van der Waals surface area contributed by atoms with Crippen molar-refractivity contribution in [2.24, 2.45) is 0 Å². The van der Waals surface area contributed by atoms with E-state index >= 15 is 0 Å². The molecule has 0 atom stereocenters. The van der Waals surface area contributed by atoms with Gasteiger partial charge in [-0.3, -0.25) is 9.59 Å². The van der Waals surface area contributed by atoms with E-state index in [1.807, 2.05) is 6.92 Å². The van der Waals surface area contributed by atoms with Crippen molar-refractivity contribution in [2.75, 3.05) is 12.1 Å². The Balaban J connectivity index is 2.16. The number of fused-ring (bicyclic) bond motifs is 1. The van der Waals surface area contributed by atoms with E-state index in [9.17, 15) is 9.59 Å². The molecule has 1 aromatic rings. The molecule has 1 aromatic carbocycles. The molecule has 0 aromatic heterocycles. The molecule has 0 unspecified atom stereocenters. The van der Waals surface area contributed by atoms with Crippen LogP contribution in [0, 0.1) is 6.92 Å². The number of amides is 1. The molecule has 1 heterocycles. The lowest BCUT2D eigenvalue weighted by atomic mass is 10.1. The maximum atomic E-state index is 11.5. The Morgan fingerprint density at radius 1 is 1.29 bits per heavy atom. The van der Waals surface area contributed by atoms with Crippen molar-refractivity contribution in [2.45, 2.75) is 20.3 Å². The predicted octanol–water partition coefficient (Wildman–Crippen LogP) is 1.64. The van der Waals surface area contributed by atoms with Crippen molar-refractivity contribution < 1.29 is 19.1 Å². The van der Waals surface area contributed by atoms with Gasteiger partial charge in [-0.05, 0) is 25.5 Å². The standard InChI is InChI=1S/C12H13NO4/c1-7-3-10-11(17-6-16-10)5-9(7)13-12(15)4-8(2)14/h3,5H,4,6H2,1-2H3,(H,13,15). The van der Waals surface area contributed by atoms with E-state index in [1.165, 1.54) is 6.92 Å². The largest absolute Gasteiger partial charge is 0.454 e. The predicted molar refractivity (Wildman–Crippen MR) is 61.2 cm³/mol. The van der Waals surface area contributed by atoms with Crippen LogP contribution in [0.1, 0.15) is 18.9 Å². The van der Waals surface area contributed by atoms with Gasteiger partial charge in [-0.2, -0.15) is 0 Å². The summed E-state index contributed by atoms with van der Waals surface area (Å²) >= 11 is 0. The van der Waals surface area contributed by atoms with Crippen LogP contribution in [-0.4, -0.2) is 18.5 Å². The van der Waals surface area contributed by atoms with Gasteiger partial charge in [-0.25, -0.2) is 0 Å². The lowest BCUT2D eigenvalue weighted by Gasteiger charge is -2.08. The molecule has 90 valence electrons. The van der Waals surface area contributed by atoms with Crippen molar-refractivity contribution in [3.8, 4) is 11.5 Å². The number of aryl methyl sites for hydroxylation is 1. The lowest BCUT2D eigenvalue weighted by molar-refractivity contribution is -0.124. The highest BCUT2D eigenvalue weighted by Crippen LogP contribution is 2.36. The average molecular weight is 235 g/mol. The van der Waals surface area contributed by atoms with Crippen molar-refractivity contribution in [3.05, 3.63) is 17.7 Å². The molecular formula is C12H13NO4. The molecule has 2 rings (SSSR count). The first kappa shape index (κ1) is 11.4. The molecule has 0 spiro atoms. The molecule has 1 aliphatic rings. The van der Waals surface area contributed by atoms with Crippen LogP contribution in [-0.2, 0) is 9.59 Å². The first-order valence-electron chi connectivity index (χ1n) is 5.26. The Bertz CT molecular complexity index is 482. The molecule has 5 heteroatoms. The monoisotopic (exact) mass is 235 g/mol. The number of ketones is 1. The summed E-state index contributed by atoms with van der Waals surface area (Å²) in [6.07, 6.45) is -0.117. The fraction of sp³-hybridized carbons (Fsp3) is 0.333. The summed E-state index contributed by atoms with van der Waals surface area (Å²) in [6, 6.07) is 3.50. The third kappa shape index (κ3) is 2.55. The number of hydrogen-bond donors (Lipinski definition) is 1. The highest BCUT2D eigenvalue weighted by molar-refractivity contribution is 6.03. The zero-order valence-corrected chi connectivity index (χ0v) is 9.70. The number of carbonyl (C=O) groups is 2. The van der Waals surface area contributed by atoms with E-state index in [-0.39, 0.29) is 24.9 Å². The first-order valence-corrected chi connectivity index (χ1v) is 5.26. The van der Waals surface area contributed by atoms with Gasteiger partial charge in [0.25, 0.3) is 0 Å². The second kappa shape index (κ2) is 4.45. The van der Waals surface area contributed by atoms with E-state index in [1.54, 1.807) is 12.1 Å². The number of hydrogen-bond acceptors (Lipinski definition) is 4. The number of rotatable bonds is 3. The fourth-order valence-electron chi connectivity index (χ4n) is 1.60. The van der Waals surface area contributed by atoms with Crippen LogP contribution in [0.2, 0.25) is 0 Å². The normalized spacial score (nSPS) is 12.4. The summed E-state index contributed by atoms with van der Waals surface area (Å²) in [5.41, 5.74) is 1.51. The van der Waals surface area contributed by atoms with Gasteiger partial charge in [0.1, 0.15) is 5.78 Å². The Labute approximate surface area is 98.7 Å². The van der Waals surface area contributed by atoms with E-state index in [0.717, 1.165) is 5.56 Å². The van der Waals surface area contributed by atoms with E-state index in [0.29, 0.717) is 17.2 Å². The minimum Gasteiger partial charge on any atom is -0.454 e. The number of benzene rings is 1. The minimum absolute atomic E-state index is 0.117. The summed E-state index contributed by atoms with van der Waals surface area (Å²) < 4.78 is 10.4. The quantitative estimate of drug-likeness (QED) is 0.809. The maximum Gasteiger partial charge on any atom is 0.231 e. The molecule has 0 fully saturated rings. The van der Waals surface area contributed by atoms with Gasteiger partial charge in [0.15, 0.2) is 11.5 Å². The second-order valence-electron chi connectivity index (χ2n) is 3.95. The SMILES string of the molecule is CC(=O)CC(=O)Nc1cc2c(cc1C)OCO2. The fourth-order valence-corrected chi connectivity index (χ4v) is 1.60. The molecular weight excluding hydrogens is 222 g/mol. The molecule has 17 heavy (non-hydrogen) atoms. The Hall–Kier alpha value is -2.04. The number of anilines is 1. The molecule has 1 amide bonds. The summed E-state index contributed by atoms with van der Waals surface area (Å²) in [6.45, 7) is 3.43. The Morgan fingerprint density at radius 2 is 1.94 bits per heavy atom. The third-order valence-electron chi connectivity index (χ3n) is 2.40. The molecule has 1 N–H and O–H groups in total. The van der Waals surface area contributed by atoms with Crippen LogP contribution in [0.4, 0.5) is 5.69 Å². The Kier molecular flexibility index (Phi) is 2.99. The van der Waals surface area contributed by atoms with Crippen molar-refractivity contribution in [3.63, 3.8) is 0 Å². The van der Waals surface area contributed by atoms with E-state index in [2.05, 4.69) is 5.32 Å². The van der Waals surface area contributed by atoms with Gasteiger partial charge in [0, 0.05) is 11.8 Å². The molecule has 0 saturated carbocycles. The minimum atomic E-state index is -0.320. The molecule has 1 aliphatic heterocycles. The lowest BCUT2D eigenvalue weighted by Crippen LogP contribution is -2.15. The van der Waals surface area contributed by atoms with Gasteiger partial charge < -0.3 is 14.8 Å². The van der Waals surface area contributed by atoms with Gasteiger partial charge in [0.05, 0.1) is 6.42 Å². The van der Waals surface area contributed by atoms with Gasteiger partial charge in [-0.1, -0.05) is 0 Å². The Morgan fingerprint density at radius 3 is 2.59 bits per heavy atom. The third-order valence-corrected chi connectivity index (χ3v) is 2.40. The summed E-state index contributed by atoms with van der Waals surface area (Å²) in [5, 5.41) is 2.68. The number of Topliss-reactive ketones (excluding diaryl/α,β-unsaturated/α-hetero) is 1. The van der Waals surface area contributed by atoms with Gasteiger partial charge >= 0.3 is 0 Å². The molecule has 0 radical (unpaired) electrons. The topological polar surface area (TPSA) is 64.6 Å². The average Bonchev–Trinajstić information content (AvgIpc) is 2.63. The van der Waals surface area contributed by atoms with Gasteiger partial charge in [-0.15, -0.1) is 0 Å². The number of nitrogens with one attached hydrogen (secondary N) is 1. The second-order valence-corrected chi connectivity index (χ2v) is 3.95. The summed E-state index contributed by atoms with van der Waals surface area (Å²) in [4.78, 5) is 22.3. The van der Waals surface area contributed by atoms with Crippen molar-refractivity contribution >= 4 is 17.4 Å². The first-order chi connectivity index (χ1) is 8.06. The van der Waals surface area contributed by atoms with E-state index < -0.39 is 0 Å². The molecule has 5 nitrogen and oxygen atoms in total. The maximum absolute atomic E-state index is 11.5. The van der Waals surface area contributed by atoms with Crippen molar-refractivity contribution in [1.29, 1.82) is 0 Å². The van der Waals surface area contributed by atoms with Crippen LogP contribution in [0.3, 0.4) is 0 Å². The van der Waals surface area contributed by atoms with Crippen LogP contribution in [0.5, 0.6) is 11.5 Å². The van der Waals surface area contributed by atoms with Crippen LogP contribution in [0.15, 0.2) is 12.1 Å². The van der Waals surface area contributed by atoms with E-state index in [4.69, 9.17) is 9.47 Å². The van der Waals surface area contributed by atoms with Crippen LogP contribution < -0.4 is 14.8 Å². The highest BCUT2D eigenvalue weighted by Gasteiger charge is 2.16. The molecule has 0 aliphatic carbocycles. The molecule has 0 bridgehead atoms. The van der Waals surface area contributed by atoms with Crippen LogP contribution in [0.25, 0.3) is 0 Å². The highest BCUT2D eigenvalue weighted by atomic mass is 16.7. The van der Waals surface area contributed by atoms with Gasteiger partial charge in [0.2, 0.25) is 12.7 Å². The van der Waals surface area contributed by atoms with Crippen molar-refractivity contribution in [1.82, 2.24) is 0 Å². The summed E-state index contributed by atoms with van der Waals surface area (Å²) in [5.74, 6) is 0.793. The smallest absolute Gasteiger partial charge is 0.231 e. The zero-order valence-electron chi connectivity index (χ0n) is 9.70. The number of ether oxygens (including phenoxy) is 2. The van der Waals surface area contributed by atoms with Crippen LogP contribution >= 0.6 is 0 Å². The number of carbonyl (C=O) groups excluding carboxylic acids is 2.